The number of carbonyl (C=O) groups excluding carboxylic acids is 1. The molecule has 0 aliphatic carbocycles. The molecule has 5 nitrogen and oxygen atoms in total. The highest BCUT2D eigenvalue weighted by atomic mass is 32.2. The van der Waals surface area contributed by atoms with Gasteiger partial charge in [0.25, 0.3) is 0 Å². The molecule has 0 saturated heterocycles. The molecule has 0 aliphatic heterocycles. The summed E-state index contributed by atoms with van der Waals surface area (Å²) in [6.07, 6.45) is 0. The number of ether oxygens (including phenoxy) is 1. The second-order valence-electron chi connectivity index (χ2n) is 4.17. The molecule has 0 fully saturated rings. The molecule has 2 aromatic carbocycles. The van der Waals surface area contributed by atoms with Gasteiger partial charge in [-0.05, 0) is 17.5 Å². The van der Waals surface area contributed by atoms with Gasteiger partial charge in [0.2, 0.25) is 0 Å². The van der Waals surface area contributed by atoms with Crippen LogP contribution >= 0.6 is 0 Å². The maximum Gasteiger partial charge on any atom is 0.534 e. The lowest BCUT2D eigenvalue weighted by Crippen LogP contribution is -2.28. The lowest BCUT2D eigenvalue weighted by atomic mass is 10.1. The standard InChI is InChI=1S/C13H9F3O5S/c1-20-12(17)9-6-8-4-2-3-5-10(8)11(7-9)21-22(18,19)13(14,15)16/h2-7H,1H3. The number of esters is 1. The first-order valence-corrected chi connectivity index (χ1v) is 7.18. The topological polar surface area (TPSA) is 69.7 Å². The number of methoxy groups -OCH3 is 1. The zero-order valence-electron chi connectivity index (χ0n) is 11.0. The largest absolute Gasteiger partial charge is 0.534 e. The Hall–Kier alpha value is -2.29. The highest BCUT2D eigenvalue weighted by molar-refractivity contribution is 7.88. The molecular formula is C13H9F3O5S. The molecule has 0 amide bonds. The summed E-state index contributed by atoms with van der Waals surface area (Å²) in [6, 6.07) is 8.18. The summed E-state index contributed by atoms with van der Waals surface area (Å²) in [7, 11) is -4.76. The lowest BCUT2D eigenvalue weighted by molar-refractivity contribution is -0.0499. The molecule has 9 heteroatoms. The quantitative estimate of drug-likeness (QED) is 0.490. The molecule has 2 rings (SSSR count). The Morgan fingerprint density at radius 1 is 1.14 bits per heavy atom. The number of fused-ring (bicyclic) bond motifs is 1. The summed E-state index contributed by atoms with van der Waals surface area (Å²) in [5, 5.41) is 0.445. The van der Waals surface area contributed by atoms with E-state index in [-0.39, 0.29) is 10.9 Å². The average Bonchev–Trinajstić information content (AvgIpc) is 2.44. The molecule has 0 heterocycles. The molecule has 0 aromatic heterocycles. The predicted octanol–water partition coefficient (Wildman–Crippen LogP) is 2.85. The van der Waals surface area contributed by atoms with Crippen LogP contribution in [0, 0.1) is 0 Å². The van der Waals surface area contributed by atoms with E-state index in [1.54, 1.807) is 6.07 Å². The first kappa shape index (κ1) is 16.1. The Morgan fingerprint density at radius 2 is 1.77 bits per heavy atom. The molecule has 118 valence electrons. The number of halogens is 3. The summed E-state index contributed by atoms with van der Waals surface area (Å²) >= 11 is 0. The van der Waals surface area contributed by atoms with Gasteiger partial charge in [-0.15, -0.1) is 0 Å². The van der Waals surface area contributed by atoms with Crippen molar-refractivity contribution in [2.75, 3.05) is 7.11 Å². The van der Waals surface area contributed by atoms with Crippen LogP contribution in [0.1, 0.15) is 10.4 Å². The molecule has 0 saturated carbocycles. The number of hydrogen-bond donors (Lipinski definition) is 0. The van der Waals surface area contributed by atoms with Crippen LogP contribution < -0.4 is 4.18 Å². The van der Waals surface area contributed by atoms with Crippen LogP contribution in [-0.4, -0.2) is 27.0 Å². The highest BCUT2D eigenvalue weighted by Crippen LogP contribution is 2.33. The van der Waals surface area contributed by atoms with Crippen LogP contribution in [-0.2, 0) is 14.9 Å². The number of hydrogen-bond acceptors (Lipinski definition) is 5. The van der Waals surface area contributed by atoms with E-state index in [0.717, 1.165) is 13.2 Å². The highest BCUT2D eigenvalue weighted by Gasteiger charge is 2.48. The van der Waals surface area contributed by atoms with Crippen LogP contribution in [0.5, 0.6) is 5.75 Å². The summed E-state index contributed by atoms with van der Waals surface area (Å²) in [5.74, 6) is -1.43. The maximum atomic E-state index is 12.4. The molecule has 22 heavy (non-hydrogen) atoms. The SMILES string of the molecule is COC(=O)c1cc(OS(=O)(=O)C(F)(F)F)c2ccccc2c1. The fourth-order valence-electron chi connectivity index (χ4n) is 1.75. The molecule has 0 radical (unpaired) electrons. The molecule has 0 spiro atoms. The zero-order chi connectivity index (χ0) is 16.5. The van der Waals surface area contributed by atoms with E-state index in [2.05, 4.69) is 8.92 Å². The fraction of sp³-hybridized carbons (Fsp3) is 0.154. The maximum absolute atomic E-state index is 12.4. The van der Waals surface area contributed by atoms with Crippen LogP contribution in [0.15, 0.2) is 36.4 Å². The minimum Gasteiger partial charge on any atom is -0.465 e. The van der Waals surface area contributed by atoms with Crippen LogP contribution in [0.2, 0.25) is 0 Å². The second kappa shape index (κ2) is 5.48. The number of rotatable bonds is 3. The molecular weight excluding hydrogens is 325 g/mol. The molecule has 0 N–H and O–H groups in total. The zero-order valence-corrected chi connectivity index (χ0v) is 11.9. The first-order chi connectivity index (χ1) is 10.2. The number of benzene rings is 2. The van der Waals surface area contributed by atoms with Gasteiger partial charge < -0.3 is 8.92 Å². The van der Waals surface area contributed by atoms with Gasteiger partial charge in [0.1, 0.15) is 0 Å². The van der Waals surface area contributed by atoms with Gasteiger partial charge in [0.05, 0.1) is 12.7 Å². The summed E-state index contributed by atoms with van der Waals surface area (Å²) < 4.78 is 68.3. The molecule has 2 aromatic rings. The van der Waals surface area contributed by atoms with E-state index in [1.807, 2.05) is 0 Å². The molecule has 0 atom stereocenters. The van der Waals surface area contributed by atoms with Crippen molar-refractivity contribution in [3.05, 3.63) is 42.0 Å². The molecule has 0 bridgehead atoms. The first-order valence-electron chi connectivity index (χ1n) is 5.77. The van der Waals surface area contributed by atoms with Crippen molar-refractivity contribution in [3.63, 3.8) is 0 Å². The van der Waals surface area contributed by atoms with Gasteiger partial charge in [0.15, 0.2) is 5.75 Å². The monoisotopic (exact) mass is 334 g/mol. The Kier molecular flexibility index (Phi) is 4.01. The van der Waals surface area contributed by atoms with Gasteiger partial charge in [-0.3, -0.25) is 0 Å². The fourth-order valence-corrected chi connectivity index (χ4v) is 2.21. The third-order valence-electron chi connectivity index (χ3n) is 2.73. The Morgan fingerprint density at radius 3 is 2.36 bits per heavy atom. The minimum atomic E-state index is -5.84. The molecule has 0 aliphatic rings. The van der Waals surface area contributed by atoms with Crippen molar-refractivity contribution in [2.24, 2.45) is 0 Å². The van der Waals surface area contributed by atoms with Crippen molar-refractivity contribution in [1.82, 2.24) is 0 Å². The Balaban J connectivity index is 2.64. The average molecular weight is 334 g/mol. The number of alkyl halides is 3. The summed E-state index contributed by atoms with van der Waals surface area (Å²) in [6.45, 7) is 0. The lowest BCUT2D eigenvalue weighted by Gasteiger charge is -2.12. The van der Waals surface area contributed by atoms with E-state index in [4.69, 9.17) is 0 Å². The normalized spacial score (nSPS) is 12.2. The van der Waals surface area contributed by atoms with E-state index in [9.17, 15) is 26.4 Å². The smallest absolute Gasteiger partial charge is 0.465 e. The minimum absolute atomic E-state index is 0.114. The van der Waals surface area contributed by atoms with E-state index >= 15 is 0 Å². The van der Waals surface area contributed by atoms with Crippen molar-refractivity contribution >= 4 is 26.9 Å². The van der Waals surface area contributed by atoms with E-state index in [0.29, 0.717) is 5.39 Å². The third-order valence-corrected chi connectivity index (χ3v) is 3.69. The van der Waals surface area contributed by atoms with Crippen LogP contribution in [0.3, 0.4) is 0 Å². The van der Waals surface area contributed by atoms with Crippen molar-refractivity contribution < 1.29 is 35.3 Å². The van der Waals surface area contributed by atoms with Crippen molar-refractivity contribution in [1.29, 1.82) is 0 Å². The second-order valence-corrected chi connectivity index (χ2v) is 5.71. The van der Waals surface area contributed by atoms with Crippen molar-refractivity contribution in [3.8, 4) is 5.75 Å². The van der Waals surface area contributed by atoms with Crippen LogP contribution in [0.4, 0.5) is 13.2 Å². The Labute approximate surface area is 123 Å². The number of carbonyl (C=O) groups is 1. The van der Waals surface area contributed by atoms with Gasteiger partial charge in [-0.1, -0.05) is 24.3 Å². The Bertz CT molecular complexity index is 827. The van der Waals surface area contributed by atoms with Gasteiger partial charge >= 0.3 is 21.6 Å². The van der Waals surface area contributed by atoms with E-state index < -0.39 is 27.3 Å². The third kappa shape index (κ3) is 2.98. The van der Waals surface area contributed by atoms with Gasteiger partial charge in [0, 0.05) is 5.39 Å². The predicted molar refractivity (Wildman–Crippen MR) is 70.9 cm³/mol. The summed E-state index contributed by atoms with van der Waals surface area (Å²) in [5.41, 5.74) is -5.70. The van der Waals surface area contributed by atoms with E-state index in [1.165, 1.54) is 24.3 Å². The van der Waals surface area contributed by atoms with Crippen molar-refractivity contribution in [2.45, 2.75) is 5.51 Å². The van der Waals surface area contributed by atoms with Gasteiger partial charge in [-0.2, -0.15) is 21.6 Å². The van der Waals surface area contributed by atoms with Crippen LogP contribution in [0.25, 0.3) is 10.8 Å². The molecule has 0 unspecified atom stereocenters. The summed E-state index contributed by atoms with van der Waals surface area (Å²) in [4.78, 5) is 11.5. The van der Waals surface area contributed by atoms with Gasteiger partial charge in [-0.25, -0.2) is 4.79 Å².